The highest BCUT2D eigenvalue weighted by atomic mass is 16.5. The van der Waals surface area contributed by atoms with Gasteiger partial charge in [0.2, 0.25) is 0 Å². The number of para-hydroxylation sites is 1. The van der Waals surface area contributed by atoms with Gasteiger partial charge >= 0.3 is 0 Å². The molecule has 5 heteroatoms. The van der Waals surface area contributed by atoms with Crippen LogP contribution in [0.25, 0.3) is 0 Å². The van der Waals surface area contributed by atoms with Crippen molar-refractivity contribution in [1.29, 1.82) is 0 Å². The van der Waals surface area contributed by atoms with E-state index < -0.39 is 5.91 Å². The fourth-order valence-corrected chi connectivity index (χ4v) is 1.22. The maximum atomic E-state index is 9.12. The predicted molar refractivity (Wildman–Crippen MR) is 52.4 cm³/mol. The van der Waals surface area contributed by atoms with Gasteiger partial charge in [0.1, 0.15) is 12.9 Å². The van der Waals surface area contributed by atoms with Gasteiger partial charge in [0.05, 0.1) is 5.69 Å². The Hall–Kier alpha value is -1.59. The predicted octanol–water partition coefficient (Wildman–Crippen LogP) is -0.00420. The molecule has 0 amide bonds. The zero-order chi connectivity index (χ0) is 10.0. The Morgan fingerprint density at radius 3 is 2.57 bits per heavy atom. The van der Waals surface area contributed by atoms with Crippen molar-refractivity contribution in [3.63, 3.8) is 0 Å². The standard InChI is InChI=1S/C9H11N3O2/c13-9(14)6-12(7-10-9)11-8-4-2-1-3-5-8/h1-5,7,11,13-14H,6H2. The number of benzene rings is 1. The molecule has 0 fully saturated rings. The average molecular weight is 193 g/mol. The largest absolute Gasteiger partial charge is 0.346 e. The summed E-state index contributed by atoms with van der Waals surface area (Å²) in [6, 6.07) is 9.44. The third kappa shape index (κ3) is 2.01. The second-order valence-corrected chi connectivity index (χ2v) is 3.12. The van der Waals surface area contributed by atoms with Crippen molar-refractivity contribution in [2.75, 3.05) is 12.0 Å². The third-order valence-electron chi connectivity index (χ3n) is 1.83. The van der Waals surface area contributed by atoms with Gasteiger partial charge in [-0.3, -0.25) is 10.4 Å². The molecule has 0 bridgehead atoms. The summed E-state index contributed by atoms with van der Waals surface area (Å²) in [5.74, 6) is -1.97. The molecular formula is C9H11N3O2. The van der Waals surface area contributed by atoms with Crippen LogP contribution in [0.15, 0.2) is 35.3 Å². The van der Waals surface area contributed by atoms with Crippen molar-refractivity contribution >= 4 is 12.0 Å². The van der Waals surface area contributed by atoms with Gasteiger partial charge in [0.15, 0.2) is 0 Å². The molecule has 1 aliphatic heterocycles. The molecular weight excluding hydrogens is 182 g/mol. The second kappa shape index (κ2) is 3.28. The first-order chi connectivity index (χ1) is 6.66. The van der Waals surface area contributed by atoms with Crippen LogP contribution in [-0.4, -0.2) is 34.0 Å². The zero-order valence-electron chi connectivity index (χ0n) is 7.46. The minimum Gasteiger partial charge on any atom is -0.346 e. The van der Waals surface area contributed by atoms with E-state index in [0.717, 1.165) is 5.69 Å². The quantitative estimate of drug-likeness (QED) is 0.578. The maximum absolute atomic E-state index is 9.12. The molecule has 0 saturated carbocycles. The minimum atomic E-state index is -1.97. The highest BCUT2D eigenvalue weighted by Gasteiger charge is 2.29. The number of nitrogens with one attached hydrogen (secondary N) is 1. The molecule has 1 aliphatic rings. The summed E-state index contributed by atoms with van der Waals surface area (Å²) in [6.07, 6.45) is 1.35. The Balaban J connectivity index is 1.98. The van der Waals surface area contributed by atoms with Gasteiger partial charge in [-0.15, -0.1) is 0 Å². The van der Waals surface area contributed by atoms with Crippen LogP contribution in [0.4, 0.5) is 5.69 Å². The Kier molecular flexibility index (Phi) is 2.11. The molecule has 0 radical (unpaired) electrons. The van der Waals surface area contributed by atoms with E-state index in [4.69, 9.17) is 10.2 Å². The summed E-state index contributed by atoms with van der Waals surface area (Å²) in [5.41, 5.74) is 3.83. The van der Waals surface area contributed by atoms with Crippen molar-refractivity contribution in [3.8, 4) is 0 Å². The molecule has 74 valence electrons. The molecule has 0 aliphatic carbocycles. The lowest BCUT2D eigenvalue weighted by Crippen LogP contribution is -2.36. The van der Waals surface area contributed by atoms with E-state index in [1.807, 2.05) is 30.3 Å². The Bertz CT molecular complexity index is 337. The van der Waals surface area contributed by atoms with E-state index >= 15 is 0 Å². The maximum Gasteiger partial charge on any atom is 0.286 e. The minimum absolute atomic E-state index is 0.0158. The summed E-state index contributed by atoms with van der Waals surface area (Å²) in [4.78, 5) is 3.50. The summed E-state index contributed by atoms with van der Waals surface area (Å²) in [5, 5.41) is 19.7. The summed E-state index contributed by atoms with van der Waals surface area (Å²) in [7, 11) is 0. The van der Waals surface area contributed by atoms with Gasteiger partial charge < -0.3 is 10.2 Å². The lowest BCUT2D eigenvalue weighted by Gasteiger charge is -2.19. The topological polar surface area (TPSA) is 68.1 Å². The first kappa shape index (κ1) is 8.98. The van der Waals surface area contributed by atoms with Crippen molar-refractivity contribution in [2.24, 2.45) is 4.99 Å². The Labute approximate surface area is 81.3 Å². The summed E-state index contributed by atoms with van der Waals surface area (Å²) < 4.78 is 0. The molecule has 2 rings (SSSR count). The van der Waals surface area contributed by atoms with Gasteiger partial charge in [-0.25, -0.2) is 4.99 Å². The van der Waals surface area contributed by atoms with Crippen LogP contribution in [-0.2, 0) is 0 Å². The van der Waals surface area contributed by atoms with Crippen LogP contribution < -0.4 is 5.43 Å². The first-order valence-electron chi connectivity index (χ1n) is 4.24. The number of hydrazine groups is 1. The lowest BCUT2D eigenvalue weighted by molar-refractivity contribution is -0.148. The molecule has 1 aromatic rings. The molecule has 0 atom stereocenters. The van der Waals surface area contributed by atoms with E-state index in [-0.39, 0.29) is 6.54 Å². The van der Waals surface area contributed by atoms with Crippen LogP contribution in [0.3, 0.4) is 0 Å². The number of hydrogen-bond acceptors (Lipinski definition) is 5. The lowest BCUT2D eigenvalue weighted by atomic mass is 10.3. The highest BCUT2D eigenvalue weighted by Crippen LogP contribution is 2.13. The molecule has 5 nitrogen and oxygen atoms in total. The molecule has 1 heterocycles. The number of nitrogens with zero attached hydrogens (tertiary/aromatic N) is 2. The molecule has 0 unspecified atom stereocenters. The van der Waals surface area contributed by atoms with Gasteiger partial charge in [-0.1, -0.05) is 18.2 Å². The van der Waals surface area contributed by atoms with Gasteiger partial charge in [0.25, 0.3) is 5.91 Å². The van der Waals surface area contributed by atoms with Crippen LogP contribution in [0.5, 0.6) is 0 Å². The van der Waals surface area contributed by atoms with Crippen molar-refractivity contribution in [2.45, 2.75) is 5.91 Å². The van der Waals surface area contributed by atoms with Crippen molar-refractivity contribution < 1.29 is 10.2 Å². The van der Waals surface area contributed by atoms with Crippen molar-refractivity contribution in [3.05, 3.63) is 30.3 Å². The van der Waals surface area contributed by atoms with E-state index in [2.05, 4.69) is 10.4 Å². The van der Waals surface area contributed by atoms with E-state index in [0.29, 0.717) is 0 Å². The average Bonchev–Trinajstić information content (AvgIpc) is 2.47. The van der Waals surface area contributed by atoms with E-state index in [9.17, 15) is 0 Å². The second-order valence-electron chi connectivity index (χ2n) is 3.12. The number of hydrogen-bond donors (Lipinski definition) is 3. The van der Waals surface area contributed by atoms with Crippen LogP contribution in [0, 0.1) is 0 Å². The van der Waals surface area contributed by atoms with Gasteiger partial charge in [0, 0.05) is 0 Å². The number of aliphatic hydroxyl groups is 2. The molecule has 0 saturated heterocycles. The van der Waals surface area contributed by atoms with E-state index in [1.54, 1.807) is 0 Å². The smallest absolute Gasteiger partial charge is 0.286 e. The normalized spacial score (nSPS) is 18.6. The SMILES string of the molecule is OC1(O)CN(Nc2ccccc2)C=N1. The zero-order valence-corrected chi connectivity index (χ0v) is 7.46. The van der Waals surface area contributed by atoms with Crippen LogP contribution >= 0.6 is 0 Å². The summed E-state index contributed by atoms with van der Waals surface area (Å²) in [6.45, 7) is 0.0158. The van der Waals surface area contributed by atoms with Gasteiger partial charge in [-0.2, -0.15) is 0 Å². The van der Waals surface area contributed by atoms with E-state index in [1.165, 1.54) is 11.3 Å². The molecule has 3 N–H and O–H groups in total. The number of aliphatic imine (C=N–C) groups is 1. The number of β-amino-alcohol motifs (C(OH)–C–C–N with tert-alkyl or cyclic N) is 2. The molecule has 0 spiro atoms. The molecule has 1 aromatic carbocycles. The summed E-state index contributed by atoms with van der Waals surface area (Å²) >= 11 is 0. The number of rotatable bonds is 2. The molecule has 14 heavy (non-hydrogen) atoms. The Morgan fingerprint density at radius 1 is 1.29 bits per heavy atom. The third-order valence-corrected chi connectivity index (χ3v) is 1.83. The Morgan fingerprint density at radius 2 is 2.00 bits per heavy atom. The van der Waals surface area contributed by atoms with Crippen LogP contribution in [0.2, 0.25) is 0 Å². The fourth-order valence-electron chi connectivity index (χ4n) is 1.22. The number of anilines is 1. The highest BCUT2D eigenvalue weighted by molar-refractivity contribution is 5.61. The monoisotopic (exact) mass is 193 g/mol. The van der Waals surface area contributed by atoms with Gasteiger partial charge in [-0.05, 0) is 12.1 Å². The van der Waals surface area contributed by atoms with Crippen molar-refractivity contribution in [1.82, 2.24) is 5.01 Å². The fraction of sp³-hybridized carbons (Fsp3) is 0.222. The first-order valence-corrected chi connectivity index (χ1v) is 4.24. The molecule has 0 aromatic heterocycles. The van der Waals surface area contributed by atoms with Crippen LogP contribution in [0.1, 0.15) is 0 Å².